The van der Waals surface area contributed by atoms with Crippen LogP contribution in [-0.2, 0) is 4.74 Å². The van der Waals surface area contributed by atoms with E-state index in [4.69, 9.17) is 4.74 Å². The van der Waals surface area contributed by atoms with Crippen LogP contribution >= 0.6 is 0 Å². The second kappa shape index (κ2) is 5.10. The largest absolute Gasteiger partial charge is 0.374 e. The van der Waals surface area contributed by atoms with Gasteiger partial charge in [0.15, 0.2) is 0 Å². The zero-order valence-corrected chi connectivity index (χ0v) is 10.8. The molecular weight excluding hydrogens is 228 g/mol. The summed E-state index contributed by atoms with van der Waals surface area (Å²) in [6, 6.07) is 0.491. The molecule has 0 radical (unpaired) electrons. The lowest BCUT2D eigenvalue weighted by molar-refractivity contribution is 0.0253. The van der Waals surface area contributed by atoms with Crippen LogP contribution in [0.3, 0.4) is 0 Å². The van der Waals surface area contributed by atoms with Gasteiger partial charge in [0.05, 0.1) is 31.1 Å². The van der Waals surface area contributed by atoms with E-state index in [9.17, 15) is 0 Å². The molecule has 0 bridgehead atoms. The summed E-state index contributed by atoms with van der Waals surface area (Å²) in [4.78, 5) is 11.3. The Labute approximate surface area is 108 Å². The number of hydrogen-bond acceptors (Lipinski definition) is 5. The molecule has 1 aromatic heterocycles. The average Bonchev–Trinajstić information content (AvgIpc) is 2.87. The predicted molar refractivity (Wildman–Crippen MR) is 70.9 cm³/mol. The van der Waals surface area contributed by atoms with Gasteiger partial charge in [-0.15, -0.1) is 0 Å². The van der Waals surface area contributed by atoms with Gasteiger partial charge in [-0.1, -0.05) is 0 Å². The summed E-state index contributed by atoms with van der Waals surface area (Å²) in [5.41, 5.74) is 0. The van der Waals surface area contributed by atoms with E-state index >= 15 is 0 Å². The lowest BCUT2D eigenvalue weighted by Gasteiger charge is -2.38. The van der Waals surface area contributed by atoms with E-state index in [1.807, 2.05) is 6.20 Å². The van der Waals surface area contributed by atoms with E-state index < -0.39 is 0 Å². The Kier molecular flexibility index (Phi) is 3.32. The molecule has 98 valence electrons. The number of anilines is 2. The number of nitrogens with one attached hydrogen (secondary N) is 1. The second-order valence-electron chi connectivity index (χ2n) is 4.89. The summed E-state index contributed by atoms with van der Waals surface area (Å²) in [5.74, 6) is 1.84. The van der Waals surface area contributed by atoms with Gasteiger partial charge in [0.2, 0.25) is 0 Å². The third-order valence-corrected chi connectivity index (χ3v) is 3.76. The quantitative estimate of drug-likeness (QED) is 0.881. The average molecular weight is 248 g/mol. The van der Waals surface area contributed by atoms with Gasteiger partial charge in [0.1, 0.15) is 11.6 Å². The number of rotatable bonds is 3. The van der Waals surface area contributed by atoms with Gasteiger partial charge in [-0.2, -0.15) is 0 Å². The first-order valence-corrected chi connectivity index (χ1v) is 6.82. The van der Waals surface area contributed by atoms with Crippen molar-refractivity contribution in [1.82, 2.24) is 9.97 Å². The molecule has 2 atom stereocenters. The van der Waals surface area contributed by atoms with Crippen molar-refractivity contribution >= 4 is 11.6 Å². The first kappa shape index (κ1) is 11.7. The zero-order valence-electron chi connectivity index (χ0n) is 10.8. The minimum Gasteiger partial charge on any atom is -0.374 e. The number of fused-ring (bicyclic) bond motifs is 1. The molecular formula is C13H20N4O. The normalized spacial score (nSPS) is 27.1. The standard InChI is InChI=1S/C13H20N4O/c1-2-15-12-8-14-9-13(16-12)17-6-7-18-11-5-3-4-10(11)17/h8-11H,2-7H2,1H3,(H,15,16). The number of aromatic nitrogens is 2. The van der Waals surface area contributed by atoms with Crippen molar-refractivity contribution in [3.63, 3.8) is 0 Å². The summed E-state index contributed by atoms with van der Waals surface area (Å²) in [6.45, 7) is 4.66. The highest BCUT2D eigenvalue weighted by Gasteiger charge is 2.36. The van der Waals surface area contributed by atoms with Crippen molar-refractivity contribution in [3.8, 4) is 0 Å². The molecule has 5 heteroatoms. The molecule has 0 amide bonds. The fraction of sp³-hybridized carbons (Fsp3) is 0.692. The van der Waals surface area contributed by atoms with Crippen LogP contribution < -0.4 is 10.2 Å². The van der Waals surface area contributed by atoms with Crippen LogP contribution in [0.15, 0.2) is 12.4 Å². The molecule has 2 heterocycles. The van der Waals surface area contributed by atoms with E-state index in [2.05, 4.69) is 27.1 Å². The van der Waals surface area contributed by atoms with E-state index in [0.717, 1.165) is 31.3 Å². The van der Waals surface area contributed by atoms with Crippen LogP contribution in [0.4, 0.5) is 11.6 Å². The number of ether oxygens (including phenoxy) is 1. The van der Waals surface area contributed by atoms with Crippen LogP contribution in [0, 0.1) is 0 Å². The summed E-state index contributed by atoms with van der Waals surface area (Å²) >= 11 is 0. The Morgan fingerprint density at radius 3 is 3.28 bits per heavy atom. The minimum absolute atomic E-state index is 0.392. The first-order valence-electron chi connectivity index (χ1n) is 6.82. The second-order valence-corrected chi connectivity index (χ2v) is 4.89. The molecule has 2 fully saturated rings. The number of hydrogen-bond donors (Lipinski definition) is 1. The molecule has 1 aliphatic carbocycles. The maximum Gasteiger partial charge on any atom is 0.149 e. The summed E-state index contributed by atoms with van der Waals surface area (Å²) < 4.78 is 5.83. The molecule has 5 nitrogen and oxygen atoms in total. The maximum atomic E-state index is 5.83. The third kappa shape index (κ3) is 2.14. The van der Waals surface area contributed by atoms with E-state index in [1.54, 1.807) is 6.20 Å². The smallest absolute Gasteiger partial charge is 0.149 e. The van der Waals surface area contributed by atoms with Crippen molar-refractivity contribution in [2.24, 2.45) is 0 Å². The molecule has 0 spiro atoms. The Morgan fingerprint density at radius 2 is 2.39 bits per heavy atom. The molecule has 1 aromatic rings. The monoisotopic (exact) mass is 248 g/mol. The minimum atomic E-state index is 0.392. The molecule has 1 aliphatic heterocycles. The predicted octanol–water partition coefficient (Wildman–Crippen LogP) is 1.67. The molecule has 2 unspecified atom stereocenters. The highest BCUT2D eigenvalue weighted by Crippen LogP contribution is 2.32. The van der Waals surface area contributed by atoms with Gasteiger partial charge < -0.3 is 15.0 Å². The topological polar surface area (TPSA) is 50.3 Å². The van der Waals surface area contributed by atoms with Crippen LogP contribution in [0.1, 0.15) is 26.2 Å². The van der Waals surface area contributed by atoms with Crippen LogP contribution in [0.2, 0.25) is 0 Å². The summed E-state index contributed by atoms with van der Waals surface area (Å²) in [6.07, 6.45) is 7.68. The Hall–Kier alpha value is -1.36. The molecule has 18 heavy (non-hydrogen) atoms. The lowest BCUT2D eigenvalue weighted by Crippen LogP contribution is -2.49. The van der Waals surface area contributed by atoms with Crippen molar-refractivity contribution < 1.29 is 4.74 Å². The van der Waals surface area contributed by atoms with Gasteiger partial charge in [-0.3, -0.25) is 4.98 Å². The van der Waals surface area contributed by atoms with Gasteiger partial charge >= 0.3 is 0 Å². The van der Waals surface area contributed by atoms with Crippen LogP contribution in [0.5, 0.6) is 0 Å². The van der Waals surface area contributed by atoms with E-state index in [0.29, 0.717) is 12.1 Å². The highest BCUT2D eigenvalue weighted by atomic mass is 16.5. The van der Waals surface area contributed by atoms with E-state index in [-0.39, 0.29) is 0 Å². The third-order valence-electron chi connectivity index (χ3n) is 3.76. The van der Waals surface area contributed by atoms with Crippen molar-refractivity contribution in [1.29, 1.82) is 0 Å². The first-order chi connectivity index (χ1) is 8.88. The Balaban J connectivity index is 1.82. The van der Waals surface area contributed by atoms with Gasteiger partial charge in [-0.25, -0.2) is 4.98 Å². The maximum absolute atomic E-state index is 5.83. The van der Waals surface area contributed by atoms with Crippen molar-refractivity contribution in [2.75, 3.05) is 29.9 Å². The molecule has 2 aliphatic rings. The Morgan fingerprint density at radius 1 is 1.44 bits per heavy atom. The highest BCUT2D eigenvalue weighted by molar-refractivity contribution is 5.45. The molecule has 1 saturated heterocycles. The lowest BCUT2D eigenvalue weighted by atomic mass is 10.1. The summed E-state index contributed by atoms with van der Waals surface area (Å²) in [5, 5.41) is 3.22. The number of morpholine rings is 1. The van der Waals surface area contributed by atoms with Gasteiger partial charge in [0.25, 0.3) is 0 Å². The van der Waals surface area contributed by atoms with Crippen molar-refractivity contribution in [3.05, 3.63) is 12.4 Å². The SMILES string of the molecule is CCNc1cncc(N2CCOC3CCCC32)n1. The number of nitrogens with zero attached hydrogens (tertiary/aromatic N) is 3. The molecule has 1 saturated carbocycles. The van der Waals surface area contributed by atoms with Crippen LogP contribution in [0.25, 0.3) is 0 Å². The van der Waals surface area contributed by atoms with Crippen molar-refractivity contribution in [2.45, 2.75) is 38.3 Å². The molecule has 0 aromatic carbocycles. The summed E-state index contributed by atoms with van der Waals surface area (Å²) in [7, 11) is 0. The van der Waals surface area contributed by atoms with E-state index in [1.165, 1.54) is 19.3 Å². The fourth-order valence-corrected chi connectivity index (χ4v) is 2.97. The fourth-order valence-electron chi connectivity index (χ4n) is 2.97. The van der Waals surface area contributed by atoms with Crippen LogP contribution in [-0.4, -0.2) is 41.8 Å². The Bertz CT molecular complexity index is 412. The van der Waals surface area contributed by atoms with Gasteiger partial charge in [0, 0.05) is 13.1 Å². The molecule has 3 rings (SSSR count). The van der Waals surface area contributed by atoms with Gasteiger partial charge in [-0.05, 0) is 26.2 Å². The molecule has 1 N–H and O–H groups in total. The zero-order chi connectivity index (χ0) is 12.4.